The molecule has 1 aromatic rings. The van der Waals surface area contributed by atoms with Crippen LogP contribution in [0, 0.1) is 5.82 Å². The van der Waals surface area contributed by atoms with E-state index in [1.165, 1.54) is 12.1 Å². The Morgan fingerprint density at radius 3 is 2.84 bits per heavy atom. The van der Waals surface area contributed by atoms with Crippen molar-refractivity contribution in [1.82, 2.24) is 0 Å². The summed E-state index contributed by atoms with van der Waals surface area (Å²) in [6.45, 7) is -0.0906. The molecule has 4 nitrogen and oxygen atoms in total. The maximum atomic E-state index is 13.3. The van der Waals surface area contributed by atoms with Gasteiger partial charge in [0.15, 0.2) is 0 Å². The van der Waals surface area contributed by atoms with Gasteiger partial charge in [-0.25, -0.2) is 4.39 Å². The molecule has 0 radical (unpaired) electrons. The summed E-state index contributed by atoms with van der Waals surface area (Å²) in [5.41, 5.74) is 6.10. The van der Waals surface area contributed by atoms with Gasteiger partial charge in [0.05, 0.1) is 11.8 Å². The van der Waals surface area contributed by atoms with Crippen molar-refractivity contribution in [2.24, 2.45) is 5.73 Å². The zero-order chi connectivity index (χ0) is 13.7. The van der Waals surface area contributed by atoms with Crippen molar-refractivity contribution in [1.29, 1.82) is 0 Å². The molecule has 2 unspecified atom stereocenters. The number of nitrogens with two attached hydrogens (primary N) is 1. The van der Waals surface area contributed by atoms with Crippen LogP contribution in [0.15, 0.2) is 24.3 Å². The van der Waals surface area contributed by atoms with Crippen LogP contribution in [0.4, 0.5) is 10.1 Å². The molecule has 0 spiro atoms. The van der Waals surface area contributed by atoms with Crippen molar-refractivity contribution in [2.45, 2.75) is 37.8 Å². The molecule has 3 N–H and O–H groups in total. The van der Waals surface area contributed by atoms with Gasteiger partial charge in [-0.3, -0.25) is 4.79 Å². The lowest BCUT2D eigenvalue weighted by Gasteiger charge is -2.28. The van der Waals surface area contributed by atoms with Crippen molar-refractivity contribution in [3.05, 3.63) is 30.1 Å². The number of ether oxygens (including phenoxy) is 1. The highest BCUT2D eigenvalue weighted by Gasteiger charge is 2.23. The first-order chi connectivity index (χ1) is 9.16. The maximum Gasteiger partial charge on any atom is 0.250 e. The molecule has 104 valence electrons. The lowest BCUT2D eigenvalue weighted by Crippen LogP contribution is -2.40. The summed E-state index contributed by atoms with van der Waals surface area (Å²) in [4.78, 5) is 11.7. The fourth-order valence-corrected chi connectivity index (χ4v) is 2.26. The Balaban J connectivity index is 1.80. The van der Waals surface area contributed by atoms with Gasteiger partial charge in [0.25, 0.3) is 0 Å². The van der Waals surface area contributed by atoms with Crippen LogP contribution in [0.1, 0.15) is 25.7 Å². The first-order valence-corrected chi connectivity index (χ1v) is 6.58. The molecule has 2 rings (SSSR count). The van der Waals surface area contributed by atoms with Crippen LogP contribution in [-0.2, 0) is 9.53 Å². The summed E-state index contributed by atoms with van der Waals surface area (Å²) in [6, 6.07) is 6.04. The molecular weight excluding hydrogens is 247 g/mol. The number of nitrogens with one attached hydrogen (secondary N) is 1. The average molecular weight is 266 g/mol. The first kappa shape index (κ1) is 14.0. The third-order valence-electron chi connectivity index (χ3n) is 3.33. The van der Waals surface area contributed by atoms with E-state index in [1.807, 2.05) is 0 Å². The van der Waals surface area contributed by atoms with Gasteiger partial charge in [-0.05, 0) is 25.0 Å². The number of hydrogen-bond donors (Lipinski definition) is 2. The molecule has 1 fully saturated rings. The molecule has 5 heteroatoms. The second kappa shape index (κ2) is 6.63. The zero-order valence-corrected chi connectivity index (χ0v) is 10.8. The zero-order valence-electron chi connectivity index (χ0n) is 10.8. The standard InChI is InChI=1S/C14H19FN2O2/c15-10-5-1-3-7-12(10)17-14(18)9-19-13-8-4-2-6-11(13)16/h1,3,5,7,11,13H,2,4,6,8-9,16H2,(H,17,18). The summed E-state index contributed by atoms with van der Waals surface area (Å²) in [6.07, 6.45) is 3.93. The fraction of sp³-hybridized carbons (Fsp3) is 0.500. The molecule has 1 aromatic carbocycles. The normalized spacial score (nSPS) is 23.1. The molecule has 0 aliphatic heterocycles. The third-order valence-corrected chi connectivity index (χ3v) is 3.33. The first-order valence-electron chi connectivity index (χ1n) is 6.58. The highest BCUT2D eigenvalue weighted by molar-refractivity contribution is 5.91. The lowest BCUT2D eigenvalue weighted by atomic mass is 9.93. The minimum absolute atomic E-state index is 0.00462. The lowest BCUT2D eigenvalue weighted by molar-refractivity contribution is -0.123. The van der Waals surface area contributed by atoms with Gasteiger partial charge >= 0.3 is 0 Å². The number of carbonyl (C=O) groups excluding carboxylic acids is 1. The monoisotopic (exact) mass is 266 g/mol. The van der Waals surface area contributed by atoms with E-state index in [1.54, 1.807) is 12.1 Å². The topological polar surface area (TPSA) is 64.3 Å². The number of benzene rings is 1. The Hall–Kier alpha value is -1.46. The van der Waals surface area contributed by atoms with E-state index in [0.717, 1.165) is 25.7 Å². The average Bonchev–Trinajstić information content (AvgIpc) is 2.40. The third kappa shape index (κ3) is 4.01. The van der Waals surface area contributed by atoms with Gasteiger partial charge in [-0.1, -0.05) is 25.0 Å². The number of amides is 1. The molecule has 2 atom stereocenters. The van der Waals surface area contributed by atoms with E-state index >= 15 is 0 Å². The van der Waals surface area contributed by atoms with Crippen LogP contribution in [0.5, 0.6) is 0 Å². The van der Waals surface area contributed by atoms with E-state index in [2.05, 4.69) is 5.32 Å². The van der Waals surface area contributed by atoms with Crippen LogP contribution in [0.25, 0.3) is 0 Å². The summed E-state index contributed by atoms with van der Waals surface area (Å²) in [7, 11) is 0. The van der Waals surface area contributed by atoms with Gasteiger partial charge in [0, 0.05) is 6.04 Å². The van der Waals surface area contributed by atoms with E-state index in [-0.39, 0.29) is 30.3 Å². The Morgan fingerprint density at radius 2 is 2.11 bits per heavy atom. The second-order valence-electron chi connectivity index (χ2n) is 4.83. The van der Waals surface area contributed by atoms with Crippen molar-refractivity contribution in [3.8, 4) is 0 Å². The molecule has 0 heterocycles. The van der Waals surface area contributed by atoms with Gasteiger partial charge in [0.1, 0.15) is 12.4 Å². The minimum atomic E-state index is -0.454. The number of hydrogen-bond acceptors (Lipinski definition) is 3. The van der Waals surface area contributed by atoms with Gasteiger partial charge < -0.3 is 15.8 Å². The summed E-state index contributed by atoms with van der Waals surface area (Å²) in [5, 5.41) is 2.48. The number of halogens is 1. The fourth-order valence-electron chi connectivity index (χ4n) is 2.26. The second-order valence-corrected chi connectivity index (χ2v) is 4.83. The largest absolute Gasteiger partial charge is 0.367 e. The minimum Gasteiger partial charge on any atom is -0.367 e. The van der Waals surface area contributed by atoms with Crippen molar-refractivity contribution in [2.75, 3.05) is 11.9 Å². The van der Waals surface area contributed by atoms with E-state index in [4.69, 9.17) is 10.5 Å². The molecule has 1 aliphatic carbocycles. The summed E-state index contributed by atoms with van der Waals surface area (Å²) in [5.74, 6) is -0.812. The summed E-state index contributed by atoms with van der Waals surface area (Å²) < 4.78 is 18.8. The van der Waals surface area contributed by atoms with Crippen LogP contribution < -0.4 is 11.1 Å². The predicted octanol–water partition coefficient (Wildman–Crippen LogP) is 2.05. The molecule has 0 aromatic heterocycles. The number of anilines is 1. The van der Waals surface area contributed by atoms with Crippen molar-refractivity contribution < 1.29 is 13.9 Å². The van der Waals surface area contributed by atoms with Crippen LogP contribution in [0.2, 0.25) is 0 Å². The highest BCUT2D eigenvalue weighted by atomic mass is 19.1. The van der Waals surface area contributed by atoms with Gasteiger partial charge in [-0.15, -0.1) is 0 Å². The molecule has 0 saturated heterocycles. The van der Waals surface area contributed by atoms with E-state index in [0.29, 0.717) is 0 Å². The van der Waals surface area contributed by atoms with Crippen molar-refractivity contribution in [3.63, 3.8) is 0 Å². The number of carbonyl (C=O) groups is 1. The highest BCUT2D eigenvalue weighted by Crippen LogP contribution is 2.19. The van der Waals surface area contributed by atoms with Gasteiger partial charge in [-0.2, -0.15) is 0 Å². The van der Waals surface area contributed by atoms with Crippen LogP contribution in [0.3, 0.4) is 0 Å². The van der Waals surface area contributed by atoms with E-state index in [9.17, 15) is 9.18 Å². The Morgan fingerprint density at radius 1 is 1.37 bits per heavy atom. The van der Waals surface area contributed by atoms with Crippen molar-refractivity contribution >= 4 is 11.6 Å². The van der Waals surface area contributed by atoms with E-state index < -0.39 is 5.82 Å². The molecule has 1 aliphatic rings. The molecule has 1 saturated carbocycles. The molecular formula is C14H19FN2O2. The molecule has 0 bridgehead atoms. The Bertz CT molecular complexity index is 439. The molecule has 1 amide bonds. The Kier molecular flexibility index (Phi) is 4.87. The molecule has 19 heavy (non-hydrogen) atoms. The Labute approximate surface area is 112 Å². The number of para-hydroxylation sites is 1. The van der Waals surface area contributed by atoms with Gasteiger partial charge in [0.2, 0.25) is 5.91 Å². The van der Waals surface area contributed by atoms with Crippen LogP contribution in [-0.4, -0.2) is 24.7 Å². The quantitative estimate of drug-likeness (QED) is 0.876. The maximum absolute atomic E-state index is 13.3. The smallest absolute Gasteiger partial charge is 0.250 e. The number of rotatable bonds is 4. The predicted molar refractivity (Wildman–Crippen MR) is 71.2 cm³/mol. The summed E-state index contributed by atoms with van der Waals surface area (Å²) >= 11 is 0. The van der Waals surface area contributed by atoms with Crippen LogP contribution >= 0.6 is 0 Å². The SMILES string of the molecule is NC1CCCCC1OCC(=O)Nc1ccccc1F.